The van der Waals surface area contributed by atoms with Crippen LogP contribution in [0.2, 0.25) is 0 Å². The highest BCUT2D eigenvalue weighted by molar-refractivity contribution is 5.85. The van der Waals surface area contributed by atoms with Crippen molar-refractivity contribution in [3.63, 3.8) is 0 Å². The molecule has 5 rings (SSSR count). The summed E-state index contributed by atoms with van der Waals surface area (Å²) in [7, 11) is 0. The zero-order valence-corrected chi connectivity index (χ0v) is 31.4. The van der Waals surface area contributed by atoms with E-state index in [0.717, 1.165) is 47.1 Å². The third kappa shape index (κ3) is 9.61. The Morgan fingerprint density at radius 2 is 1.02 bits per heavy atom. The number of aryl methyl sites for hydroxylation is 4. The Labute approximate surface area is 307 Å². The summed E-state index contributed by atoms with van der Waals surface area (Å²) >= 11 is 0. The summed E-state index contributed by atoms with van der Waals surface area (Å²) in [5, 5.41) is 4.09. The minimum Gasteiger partial charge on any atom is -0.376 e. The van der Waals surface area contributed by atoms with Crippen LogP contribution >= 0.6 is 12.4 Å². The van der Waals surface area contributed by atoms with E-state index in [1.54, 1.807) is 0 Å². The van der Waals surface area contributed by atoms with Gasteiger partial charge in [0, 0.05) is 35.0 Å². The quantitative estimate of drug-likeness (QED) is 0.131. The first-order valence-corrected chi connectivity index (χ1v) is 17.8. The second-order valence-electron chi connectivity index (χ2n) is 14.7. The van der Waals surface area contributed by atoms with E-state index in [4.69, 9.17) is 9.47 Å². The second-order valence-corrected chi connectivity index (χ2v) is 14.7. The fraction of sp³-hybridized carbons (Fsp3) is 0.442. The minimum atomic E-state index is -0.623. The predicted molar refractivity (Wildman–Crippen MR) is 200 cm³/mol. The maximum Gasteiger partial charge on any atom is 0.131 e. The van der Waals surface area contributed by atoms with Crippen LogP contribution < -0.4 is 5.32 Å². The largest absolute Gasteiger partial charge is 0.376 e. The summed E-state index contributed by atoms with van der Waals surface area (Å²) in [6, 6.07) is 20.2. The van der Waals surface area contributed by atoms with Crippen LogP contribution in [0, 0.1) is 62.8 Å². The number of halogens is 5. The summed E-state index contributed by atoms with van der Waals surface area (Å²) < 4.78 is 70.8. The Morgan fingerprint density at radius 1 is 0.627 bits per heavy atom. The molecular formula is C43H52ClF4NO2. The highest BCUT2D eigenvalue weighted by Crippen LogP contribution is 2.46. The molecule has 0 heterocycles. The molecule has 51 heavy (non-hydrogen) atoms. The number of ether oxygens (including phenoxy) is 2. The molecule has 0 spiro atoms. The van der Waals surface area contributed by atoms with Gasteiger partial charge in [0.25, 0.3) is 0 Å². The molecule has 4 aromatic rings. The van der Waals surface area contributed by atoms with Crippen molar-refractivity contribution in [2.45, 2.75) is 91.4 Å². The molecule has 1 aliphatic rings. The Balaban J connectivity index is 0.00000583. The topological polar surface area (TPSA) is 30.5 Å². The minimum absolute atomic E-state index is 0. The maximum atomic E-state index is 14.7. The van der Waals surface area contributed by atoms with Crippen molar-refractivity contribution in [3.8, 4) is 0 Å². The van der Waals surface area contributed by atoms with E-state index in [1.165, 1.54) is 42.0 Å². The van der Waals surface area contributed by atoms with E-state index in [9.17, 15) is 17.6 Å². The Bertz CT molecular complexity index is 1670. The van der Waals surface area contributed by atoms with E-state index in [2.05, 4.69) is 77.2 Å². The predicted octanol–water partition coefficient (Wildman–Crippen LogP) is 11.0. The summed E-state index contributed by atoms with van der Waals surface area (Å²) in [5.74, 6) is -1.90. The smallest absolute Gasteiger partial charge is 0.131 e. The van der Waals surface area contributed by atoms with Crippen molar-refractivity contribution in [2.75, 3.05) is 19.8 Å². The van der Waals surface area contributed by atoms with Gasteiger partial charge in [-0.15, -0.1) is 12.4 Å². The van der Waals surface area contributed by atoms with E-state index < -0.39 is 28.8 Å². The monoisotopic (exact) mass is 725 g/mol. The molecule has 1 saturated carbocycles. The molecule has 8 heteroatoms. The Morgan fingerprint density at radius 3 is 1.47 bits per heavy atom. The highest BCUT2D eigenvalue weighted by atomic mass is 35.5. The molecule has 1 aliphatic carbocycles. The van der Waals surface area contributed by atoms with Crippen LogP contribution in [-0.2, 0) is 22.7 Å². The van der Waals surface area contributed by atoms with Gasteiger partial charge in [-0.05, 0) is 116 Å². The molecule has 4 aromatic carbocycles. The zero-order valence-electron chi connectivity index (χ0n) is 30.6. The second kappa shape index (κ2) is 18.0. The first kappa shape index (κ1) is 40.5. The lowest BCUT2D eigenvalue weighted by Crippen LogP contribution is -2.57. The molecule has 0 aliphatic heterocycles. The average Bonchev–Trinajstić information content (AvgIpc) is 3.04. The van der Waals surface area contributed by atoms with Crippen LogP contribution in [0.25, 0.3) is 0 Å². The molecule has 4 unspecified atom stereocenters. The van der Waals surface area contributed by atoms with Gasteiger partial charge in [-0.25, -0.2) is 17.6 Å². The zero-order chi connectivity index (χ0) is 36.0. The molecule has 0 radical (unpaired) electrons. The van der Waals surface area contributed by atoms with Gasteiger partial charge >= 0.3 is 0 Å². The molecule has 0 saturated heterocycles. The van der Waals surface area contributed by atoms with E-state index in [-0.39, 0.29) is 61.8 Å². The van der Waals surface area contributed by atoms with Crippen molar-refractivity contribution in [3.05, 3.63) is 141 Å². The molecular weight excluding hydrogens is 674 g/mol. The van der Waals surface area contributed by atoms with Gasteiger partial charge in [0.05, 0.1) is 26.4 Å². The molecule has 4 atom stereocenters. The fourth-order valence-electron chi connectivity index (χ4n) is 8.59. The lowest BCUT2D eigenvalue weighted by Gasteiger charge is -2.50. The lowest BCUT2D eigenvalue weighted by atomic mass is 9.63. The van der Waals surface area contributed by atoms with E-state index in [1.807, 2.05) is 6.07 Å². The molecule has 3 nitrogen and oxygen atoms in total. The summed E-state index contributed by atoms with van der Waals surface area (Å²) in [6.45, 7) is 13.7. The molecule has 1 fully saturated rings. The van der Waals surface area contributed by atoms with Gasteiger partial charge in [-0.2, -0.15) is 0 Å². The van der Waals surface area contributed by atoms with Crippen LogP contribution in [-0.4, -0.2) is 25.3 Å². The molecule has 0 aromatic heterocycles. The van der Waals surface area contributed by atoms with Crippen molar-refractivity contribution in [2.24, 2.45) is 11.8 Å². The molecule has 1 N–H and O–H groups in total. The van der Waals surface area contributed by atoms with Gasteiger partial charge < -0.3 is 14.8 Å². The van der Waals surface area contributed by atoms with Crippen molar-refractivity contribution in [1.29, 1.82) is 0 Å². The standard InChI is InChI=1S/C43H51F4NO2.ClH/c1-27-19-28(2)21-43(20-27,36(42-31(5)13-8-14-32(42)6)26-50-25-35-39(46)17-10-18-40(35)47)48-22-33(41-29(3)11-7-12-30(41)4)23-49-24-34-37(44)15-9-16-38(34)45;/h7-18,27-28,33,36,48H,19-26H2,1-6H3;1H. The van der Waals surface area contributed by atoms with Crippen LogP contribution in [0.5, 0.6) is 0 Å². The number of nitrogens with one attached hydrogen (secondary N) is 1. The van der Waals surface area contributed by atoms with Crippen molar-refractivity contribution < 1.29 is 27.0 Å². The van der Waals surface area contributed by atoms with E-state index in [0.29, 0.717) is 18.4 Å². The Hall–Kier alpha value is -3.23. The summed E-state index contributed by atoms with van der Waals surface area (Å²) in [6.07, 6.45) is 2.86. The van der Waals surface area contributed by atoms with Gasteiger partial charge in [-0.1, -0.05) is 62.4 Å². The fourth-order valence-corrected chi connectivity index (χ4v) is 8.59. The average molecular weight is 726 g/mol. The number of hydrogen-bond donors (Lipinski definition) is 1. The van der Waals surface area contributed by atoms with Gasteiger partial charge in [-0.3, -0.25) is 0 Å². The van der Waals surface area contributed by atoms with Gasteiger partial charge in [0.2, 0.25) is 0 Å². The number of hydrogen-bond acceptors (Lipinski definition) is 3. The van der Waals surface area contributed by atoms with Crippen LogP contribution in [0.3, 0.4) is 0 Å². The molecule has 0 amide bonds. The number of benzene rings is 4. The van der Waals surface area contributed by atoms with Gasteiger partial charge in [0.1, 0.15) is 23.3 Å². The van der Waals surface area contributed by atoms with Gasteiger partial charge in [0.15, 0.2) is 0 Å². The van der Waals surface area contributed by atoms with Crippen LogP contribution in [0.4, 0.5) is 17.6 Å². The van der Waals surface area contributed by atoms with E-state index >= 15 is 0 Å². The van der Waals surface area contributed by atoms with Crippen molar-refractivity contribution in [1.82, 2.24) is 5.32 Å². The normalized spacial score (nSPS) is 20.1. The first-order valence-electron chi connectivity index (χ1n) is 17.8. The molecule has 276 valence electrons. The first-order chi connectivity index (χ1) is 23.9. The third-order valence-electron chi connectivity index (χ3n) is 10.7. The summed E-state index contributed by atoms with van der Waals surface area (Å²) in [4.78, 5) is 0. The highest BCUT2D eigenvalue weighted by Gasteiger charge is 2.46. The lowest BCUT2D eigenvalue weighted by molar-refractivity contribution is 0.0362. The summed E-state index contributed by atoms with van der Waals surface area (Å²) in [5.41, 5.74) is 6.30. The molecule has 0 bridgehead atoms. The third-order valence-corrected chi connectivity index (χ3v) is 10.7. The number of rotatable bonds is 14. The van der Waals surface area contributed by atoms with Crippen molar-refractivity contribution >= 4 is 12.4 Å². The van der Waals surface area contributed by atoms with Crippen LogP contribution in [0.1, 0.15) is 89.5 Å². The van der Waals surface area contributed by atoms with Crippen LogP contribution in [0.15, 0.2) is 72.8 Å². The SMILES string of the molecule is Cc1cccc(C)c1C(CNC1(C(COCc2c(F)cccc2F)c2c(C)cccc2C)CC(C)CC(C)C1)COCc1c(F)cccc1F.Cl. The maximum absolute atomic E-state index is 14.7. The Kier molecular flexibility index (Phi) is 14.3.